The van der Waals surface area contributed by atoms with Crippen molar-refractivity contribution in [3.8, 4) is 0 Å². The standard InChI is InChI=1S/C6H11N3S/c1-4-9-6(3-10-4)5(8)2-7/h3,5H,2,7-8H2,1H3. The van der Waals surface area contributed by atoms with Crippen molar-refractivity contribution in [3.05, 3.63) is 16.1 Å². The van der Waals surface area contributed by atoms with E-state index in [0.29, 0.717) is 6.54 Å². The second kappa shape index (κ2) is 3.09. The lowest BCUT2D eigenvalue weighted by Gasteiger charge is -2.02. The average Bonchev–Trinajstić information content (AvgIpc) is 2.34. The second-order valence-corrected chi connectivity index (χ2v) is 3.20. The fourth-order valence-electron chi connectivity index (χ4n) is 0.671. The lowest BCUT2D eigenvalue weighted by Crippen LogP contribution is -2.20. The van der Waals surface area contributed by atoms with Crippen molar-refractivity contribution in [1.29, 1.82) is 0 Å². The van der Waals surface area contributed by atoms with Gasteiger partial charge in [-0.25, -0.2) is 4.98 Å². The maximum Gasteiger partial charge on any atom is 0.0898 e. The second-order valence-electron chi connectivity index (χ2n) is 2.13. The van der Waals surface area contributed by atoms with Crippen LogP contribution in [0.15, 0.2) is 5.38 Å². The van der Waals surface area contributed by atoms with Gasteiger partial charge in [0.15, 0.2) is 0 Å². The van der Waals surface area contributed by atoms with E-state index < -0.39 is 0 Å². The third-order valence-electron chi connectivity index (χ3n) is 1.27. The van der Waals surface area contributed by atoms with Gasteiger partial charge in [0.1, 0.15) is 0 Å². The first-order chi connectivity index (χ1) is 4.74. The summed E-state index contributed by atoms with van der Waals surface area (Å²) in [6.07, 6.45) is 0. The summed E-state index contributed by atoms with van der Waals surface area (Å²) in [6.45, 7) is 2.42. The number of rotatable bonds is 2. The molecule has 1 atom stereocenters. The van der Waals surface area contributed by atoms with E-state index in [9.17, 15) is 0 Å². The summed E-state index contributed by atoms with van der Waals surface area (Å²) >= 11 is 1.60. The smallest absolute Gasteiger partial charge is 0.0898 e. The van der Waals surface area contributed by atoms with E-state index in [1.54, 1.807) is 11.3 Å². The van der Waals surface area contributed by atoms with Gasteiger partial charge in [0.25, 0.3) is 0 Å². The maximum absolute atomic E-state index is 5.63. The molecule has 1 aromatic rings. The first-order valence-corrected chi connectivity index (χ1v) is 3.99. The van der Waals surface area contributed by atoms with Crippen LogP contribution in [0.5, 0.6) is 0 Å². The molecule has 3 nitrogen and oxygen atoms in total. The lowest BCUT2D eigenvalue weighted by atomic mass is 10.2. The Labute approximate surface area is 64.1 Å². The summed E-state index contributed by atoms with van der Waals surface area (Å²) < 4.78 is 0. The highest BCUT2D eigenvalue weighted by atomic mass is 32.1. The van der Waals surface area contributed by atoms with Gasteiger partial charge in [0, 0.05) is 11.9 Å². The van der Waals surface area contributed by atoms with Gasteiger partial charge < -0.3 is 11.5 Å². The number of aromatic nitrogens is 1. The van der Waals surface area contributed by atoms with Gasteiger partial charge in [-0.3, -0.25) is 0 Å². The zero-order valence-electron chi connectivity index (χ0n) is 5.87. The molecular formula is C6H11N3S. The topological polar surface area (TPSA) is 64.9 Å². The van der Waals surface area contributed by atoms with Crippen molar-refractivity contribution in [2.24, 2.45) is 11.5 Å². The Morgan fingerprint density at radius 3 is 2.90 bits per heavy atom. The molecule has 0 aromatic carbocycles. The number of hydrogen-bond acceptors (Lipinski definition) is 4. The van der Waals surface area contributed by atoms with Crippen LogP contribution in [0.25, 0.3) is 0 Å². The van der Waals surface area contributed by atoms with Crippen molar-refractivity contribution in [2.45, 2.75) is 13.0 Å². The molecule has 0 aliphatic rings. The molecular weight excluding hydrogens is 146 g/mol. The molecule has 4 N–H and O–H groups in total. The van der Waals surface area contributed by atoms with Gasteiger partial charge in [-0.15, -0.1) is 11.3 Å². The highest BCUT2D eigenvalue weighted by molar-refractivity contribution is 7.09. The Morgan fingerprint density at radius 1 is 1.80 bits per heavy atom. The normalized spacial score (nSPS) is 13.5. The summed E-state index contributed by atoms with van der Waals surface area (Å²) in [7, 11) is 0. The van der Waals surface area contributed by atoms with E-state index in [4.69, 9.17) is 11.5 Å². The van der Waals surface area contributed by atoms with Crippen molar-refractivity contribution in [3.63, 3.8) is 0 Å². The first kappa shape index (κ1) is 7.65. The van der Waals surface area contributed by atoms with Gasteiger partial charge in [-0.2, -0.15) is 0 Å². The molecule has 0 aliphatic carbocycles. The van der Waals surface area contributed by atoms with E-state index >= 15 is 0 Å². The molecule has 10 heavy (non-hydrogen) atoms. The van der Waals surface area contributed by atoms with Crippen LogP contribution in [-0.4, -0.2) is 11.5 Å². The molecule has 0 saturated heterocycles. The minimum absolute atomic E-state index is 0.0926. The van der Waals surface area contributed by atoms with E-state index in [-0.39, 0.29) is 6.04 Å². The number of hydrogen-bond donors (Lipinski definition) is 2. The summed E-state index contributed by atoms with van der Waals surface area (Å²) in [6, 6.07) is -0.0926. The molecule has 0 saturated carbocycles. The predicted octanol–water partition coefficient (Wildman–Crippen LogP) is 0.410. The van der Waals surface area contributed by atoms with Crippen molar-refractivity contribution in [1.82, 2.24) is 4.98 Å². The third-order valence-corrected chi connectivity index (χ3v) is 2.06. The van der Waals surface area contributed by atoms with E-state index in [1.807, 2.05) is 12.3 Å². The van der Waals surface area contributed by atoms with Crippen LogP contribution in [0.1, 0.15) is 16.7 Å². The molecule has 0 amide bonds. The fraction of sp³-hybridized carbons (Fsp3) is 0.500. The van der Waals surface area contributed by atoms with Crippen LogP contribution in [0.4, 0.5) is 0 Å². The molecule has 0 fully saturated rings. The number of thiazole rings is 1. The summed E-state index contributed by atoms with van der Waals surface area (Å²) in [4.78, 5) is 4.19. The van der Waals surface area contributed by atoms with Crippen LogP contribution in [0, 0.1) is 6.92 Å². The summed E-state index contributed by atoms with van der Waals surface area (Å²) in [5, 5.41) is 2.99. The van der Waals surface area contributed by atoms with Crippen LogP contribution in [-0.2, 0) is 0 Å². The molecule has 0 aliphatic heterocycles. The Kier molecular flexibility index (Phi) is 2.37. The van der Waals surface area contributed by atoms with Crippen LogP contribution >= 0.6 is 11.3 Å². The van der Waals surface area contributed by atoms with Crippen LogP contribution < -0.4 is 11.5 Å². The molecule has 1 aromatic heterocycles. The number of nitrogens with zero attached hydrogens (tertiary/aromatic N) is 1. The fourth-order valence-corrected chi connectivity index (χ4v) is 1.35. The predicted molar refractivity (Wildman–Crippen MR) is 42.8 cm³/mol. The van der Waals surface area contributed by atoms with E-state index in [1.165, 1.54) is 0 Å². The lowest BCUT2D eigenvalue weighted by molar-refractivity contribution is 0.715. The van der Waals surface area contributed by atoms with E-state index in [2.05, 4.69) is 4.98 Å². The monoisotopic (exact) mass is 157 g/mol. The molecule has 1 rings (SSSR count). The zero-order chi connectivity index (χ0) is 7.56. The Hall–Kier alpha value is -0.450. The minimum atomic E-state index is -0.0926. The van der Waals surface area contributed by atoms with Gasteiger partial charge >= 0.3 is 0 Å². The summed E-state index contributed by atoms with van der Waals surface area (Å²) in [5.41, 5.74) is 11.9. The first-order valence-electron chi connectivity index (χ1n) is 3.11. The number of aryl methyl sites for hydroxylation is 1. The van der Waals surface area contributed by atoms with Crippen LogP contribution in [0.3, 0.4) is 0 Å². The van der Waals surface area contributed by atoms with Gasteiger partial charge in [0.2, 0.25) is 0 Å². The highest BCUT2D eigenvalue weighted by Crippen LogP contribution is 2.12. The van der Waals surface area contributed by atoms with Gasteiger partial charge in [-0.1, -0.05) is 0 Å². The van der Waals surface area contributed by atoms with Crippen molar-refractivity contribution >= 4 is 11.3 Å². The quantitative estimate of drug-likeness (QED) is 0.653. The highest BCUT2D eigenvalue weighted by Gasteiger charge is 2.05. The molecule has 0 spiro atoms. The third kappa shape index (κ3) is 1.53. The zero-order valence-corrected chi connectivity index (χ0v) is 6.69. The molecule has 0 radical (unpaired) electrons. The SMILES string of the molecule is Cc1nc(C(N)CN)cs1. The molecule has 0 bridgehead atoms. The Balaban J connectivity index is 2.74. The number of nitrogens with two attached hydrogens (primary N) is 2. The largest absolute Gasteiger partial charge is 0.329 e. The van der Waals surface area contributed by atoms with Gasteiger partial charge in [-0.05, 0) is 6.92 Å². The Morgan fingerprint density at radius 2 is 2.50 bits per heavy atom. The molecule has 56 valence electrons. The van der Waals surface area contributed by atoms with Crippen LogP contribution in [0.2, 0.25) is 0 Å². The maximum atomic E-state index is 5.63. The average molecular weight is 157 g/mol. The van der Waals surface area contributed by atoms with E-state index in [0.717, 1.165) is 10.7 Å². The minimum Gasteiger partial charge on any atom is -0.329 e. The van der Waals surface area contributed by atoms with Crippen molar-refractivity contribution < 1.29 is 0 Å². The van der Waals surface area contributed by atoms with Gasteiger partial charge in [0.05, 0.1) is 16.7 Å². The molecule has 4 heteroatoms. The summed E-state index contributed by atoms with van der Waals surface area (Å²) in [5.74, 6) is 0. The van der Waals surface area contributed by atoms with Crippen molar-refractivity contribution in [2.75, 3.05) is 6.54 Å². The molecule has 1 heterocycles. The molecule has 1 unspecified atom stereocenters. The Bertz CT molecular complexity index is 209.